The average Bonchev–Trinajstić information content (AvgIpc) is 3.31. The smallest absolute Gasteiger partial charge is 0.322 e. The number of benzene rings is 2. The molecule has 0 aliphatic heterocycles. The number of thioether (sulfide) groups is 1. The molecule has 0 saturated heterocycles. The maximum Gasteiger partial charge on any atom is 0.322 e. The molecule has 0 spiro atoms. The van der Waals surface area contributed by atoms with Crippen LogP contribution in [0.1, 0.15) is 51.5 Å². The molecule has 1 aromatic heterocycles. The number of anilines is 1. The molecule has 0 saturated carbocycles. The topological polar surface area (TPSA) is 83.8 Å². The van der Waals surface area contributed by atoms with E-state index in [4.69, 9.17) is 9.15 Å². The third-order valence-corrected chi connectivity index (χ3v) is 6.47. The molecule has 3 rings (SSSR count). The maximum absolute atomic E-state index is 12.7. The number of hydrogen-bond donors (Lipinski definition) is 2. The average molecular weight is 524 g/mol. The van der Waals surface area contributed by atoms with Crippen LogP contribution in [-0.2, 0) is 27.4 Å². The van der Waals surface area contributed by atoms with E-state index < -0.39 is 10.3 Å². The highest BCUT2D eigenvalue weighted by Crippen LogP contribution is 2.34. The summed E-state index contributed by atoms with van der Waals surface area (Å²) < 4.78 is 10.4. The second kappa shape index (κ2) is 12.3. The van der Waals surface area contributed by atoms with Gasteiger partial charge in [-0.25, -0.2) is 0 Å². The Bertz CT molecular complexity index is 1170. The summed E-state index contributed by atoms with van der Waals surface area (Å²) in [6, 6.07) is 19.6. The molecule has 0 aliphatic carbocycles. The molecule has 7 nitrogen and oxygen atoms in total. The third kappa shape index (κ3) is 9.63. The minimum atomic E-state index is -0.720. The van der Waals surface area contributed by atoms with Crippen LogP contribution in [0.15, 0.2) is 76.2 Å². The molecule has 0 radical (unpaired) electrons. The summed E-state index contributed by atoms with van der Waals surface area (Å²) >= 11 is 1.47. The van der Waals surface area contributed by atoms with E-state index in [1.165, 1.54) is 11.8 Å². The first kappa shape index (κ1) is 28.3. The minimum Gasteiger partial charge on any atom is -0.468 e. The molecular weight excluding hydrogens is 486 g/mol. The van der Waals surface area contributed by atoms with Crippen molar-refractivity contribution in [2.75, 3.05) is 12.0 Å². The third-order valence-electron chi connectivity index (χ3n) is 5.28. The first-order valence-electron chi connectivity index (χ1n) is 12.3. The molecule has 1 heterocycles. The highest BCUT2D eigenvalue weighted by molar-refractivity contribution is 8.01. The Balaban J connectivity index is 1.62. The molecule has 37 heavy (non-hydrogen) atoms. The van der Waals surface area contributed by atoms with Crippen molar-refractivity contribution in [1.82, 2.24) is 10.3 Å². The van der Waals surface area contributed by atoms with Crippen molar-refractivity contribution in [3.05, 3.63) is 83.8 Å². The van der Waals surface area contributed by atoms with Gasteiger partial charge in [0, 0.05) is 11.4 Å². The predicted octanol–water partition coefficient (Wildman–Crippen LogP) is 5.95. The summed E-state index contributed by atoms with van der Waals surface area (Å²) in [5, 5.41) is 0. The number of nitrogens with zero attached hydrogens (tertiary/aromatic N) is 1. The van der Waals surface area contributed by atoms with Gasteiger partial charge in [0.05, 0.1) is 25.0 Å². The molecule has 0 fully saturated rings. The molecule has 2 aromatic carbocycles. The maximum atomic E-state index is 12.7. The van der Waals surface area contributed by atoms with E-state index in [9.17, 15) is 9.59 Å². The van der Waals surface area contributed by atoms with Gasteiger partial charge in [0.2, 0.25) is 0 Å². The quantitative estimate of drug-likeness (QED) is 0.183. The van der Waals surface area contributed by atoms with E-state index in [1.807, 2.05) is 107 Å². The summed E-state index contributed by atoms with van der Waals surface area (Å²) in [7, 11) is 0. The standard InChI is InChI=1S/C29H37N3O4S/c1-21-9-7-10-23(17-21)30-31-26(33)20-32(19-24-11-8-16-35-24)18-22-12-14-25(15-13-22)37-29(5,6)27(34)36-28(2,3)4/h7-17,30H,18-20H2,1-6H3,(H,31,33). The number of esters is 1. The number of rotatable bonds is 11. The Morgan fingerprint density at radius 1 is 0.973 bits per heavy atom. The highest BCUT2D eigenvalue weighted by atomic mass is 32.2. The summed E-state index contributed by atoms with van der Waals surface area (Å²) in [6.45, 7) is 12.6. The van der Waals surface area contributed by atoms with Gasteiger partial charge < -0.3 is 9.15 Å². The zero-order chi connectivity index (χ0) is 27.1. The summed E-state index contributed by atoms with van der Waals surface area (Å²) in [5.74, 6) is 0.383. The number of amides is 1. The van der Waals surface area contributed by atoms with E-state index in [0.29, 0.717) is 13.1 Å². The van der Waals surface area contributed by atoms with Gasteiger partial charge >= 0.3 is 5.97 Å². The van der Waals surface area contributed by atoms with Crippen LogP contribution in [0.5, 0.6) is 0 Å². The van der Waals surface area contributed by atoms with Crippen molar-refractivity contribution in [2.24, 2.45) is 0 Å². The number of carbonyl (C=O) groups excluding carboxylic acids is 2. The lowest BCUT2D eigenvalue weighted by Crippen LogP contribution is -2.39. The SMILES string of the molecule is Cc1cccc(NNC(=O)CN(Cc2ccc(SC(C)(C)C(=O)OC(C)(C)C)cc2)Cc2ccco2)c1. The van der Waals surface area contributed by atoms with E-state index >= 15 is 0 Å². The Kier molecular flexibility index (Phi) is 9.45. The van der Waals surface area contributed by atoms with E-state index in [0.717, 1.165) is 27.5 Å². The number of aryl methyl sites for hydroxylation is 1. The van der Waals surface area contributed by atoms with E-state index in [2.05, 4.69) is 10.9 Å². The van der Waals surface area contributed by atoms with Gasteiger partial charge in [-0.2, -0.15) is 0 Å². The molecule has 0 bridgehead atoms. The lowest BCUT2D eigenvalue weighted by Gasteiger charge is -2.28. The van der Waals surface area contributed by atoms with Crippen molar-refractivity contribution in [3.8, 4) is 0 Å². The zero-order valence-corrected chi connectivity index (χ0v) is 23.3. The fourth-order valence-corrected chi connectivity index (χ4v) is 4.54. The second-order valence-corrected chi connectivity index (χ2v) is 12.2. The van der Waals surface area contributed by atoms with Gasteiger partial charge in [-0.15, -0.1) is 11.8 Å². The van der Waals surface area contributed by atoms with Crippen molar-refractivity contribution in [1.29, 1.82) is 0 Å². The van der Waals surface area contributed by atoms with Gasteiger partial charge in [0.15, 0.2) is 0 Å². The largest absolute Gasteiger partial charge is 0.468 e. The lowest BCUT2D eigenvalue weighted by atomic mass is 10.1. The van der Waals surface area contributed by atoms with Gasteiger partial charge in [0.25, 0.3) is 5.91 Å². The van der Waals surface area contributed by atoms with E-state index in [1.54, 1.807) is 6.26 Å². The van der Waals surface area contributed by atoms with Gasteiger partial charge in [-0.3, -0.25) is 25.3 Å². The minimum absolute atomic E-state index is 0.153. The molecule has 1 amide bonds. The van der Waals surface area contributed by atoms with Gasteiger partial charge in [-0.1, -0.05) is 24.3 Å². The number of hydrazine groups is 1. The second-order valence-electron chi connectivity index (χ2n) is 10.5. The van der Waals surface area contributed by atoms with Gasteiger partial charge in [-0.05, 0) is 89.1 Å². The fraction of sp³-hybridized carbons (Fsp3) is 0.379. The number of furan rings is 1. The molecule has 3 aromatic rings. The molecule has 0 atom stereocenters. The summed E-state index contributed by atoms with van der Waals surface area (Å²) in [6.07, 6.45) is 1.63. The first-order valence-corrected chi connectivity index (χ1v) is 13.1. The number of hydrogen-bond acceptors (Lipinski definition) is 7. The van der Waals surface area contributed by atoms with Crippen molar-refractivity contribution in [2.45, 2.75) is 69.9 Å². The summed E-state index contributed by atoms with van der Waals surface area (Å²) in [5.41, 5.74) is 8.20. The Morgan fingerprint density at radius 3 is 2.32 bits per heavy atom. The highest BCUT2D eigenvalue weighted by Gasteiger charge is 2.33. The van der Waals surface area contributed by atoms with Crippen LogP contribution in [0.25, 0.3) is 0 Å². The van der Waals surface area contributed by atoms with Crippen LogP contribution in [0.4, 0.5) is 5.69 Å². The van der Waals surface area contributed by atoms with Crippen LogP contribution in [0, 0.1) is 6.92 Å². The van der Waals surface area contributed by atoms with Gasteiger partial charge in [0.1, 0.15) is 16.1 Å². The number of ether oxygens (including phenoxy) is 1. The Morgan fingerprint density at radius 2 is 1.70 bits per heavy atom. The van der Waals surface area contributed by atoms with Crippen molar-refractivity contribution >= 4 is 29.3 Å². The van der Waals surface area contributed by atoms with Crippen LogP contribution in [0.2, 0.25) is 0 Å². The molecule has 2 N–H and O–H groups in total. The van der Waals surface area contributed by atoms with Crippen molar-refractivity contribution in [3.63, 3.8) is 0 Å². The molecular formula is C29H37N3O4S. The number of carbonyl (C=O) groups is 2. The Labute approximate surface area is 223 Å². The Hall–Kier alpha value is -3.23. The van der Waals surface area contributed by atoms with Crippen molar-refractivity contribution < 1.29 is 18.7 Å². The monoisotopic (exact) mass is 523 g/mol. The molecule has 8 heteroatoms. The van der Waals surface area contributed by atoms with E-state index in [-0.39, 0.29) is 18.4 Å². The molecule has 0 unspecified atom stereocenters. The molecule has 198 valence electrons. The predicted molar refractivity (Wildman–Crippen MR) is 148 cm³/mol. The lowest BCUT2D eigenvalue weighted by molar-refractivity contribution is -0.156. The first-order chi connectivity index (χ1) is 17.4. The number of nitrogens with one attached hydrogen (secondary N) is 2. The zero-order valence-electron chi connectivity index (χ0n) is 22.5. The van der Waals surface area contributed by atoms with Crippen LogP contribution in [-0.4, -0.2) is 33.7 Å². The van der Waals surface area contributed by atoms with Crippen LogP contribution in [0.3, 0.4) is 0 Å². The molecule has 0 aliphatic rings. The summed E-state index contributed by atoms with van der Waals surface area (Å²) in [4.78, 5) is 28.3. The normalized spacial score (nSPS) is 11.9. The van der Waals surface area contributed by atoms with Crippen LogP contribution < -0.4 is 10.9 Å². The fourth-order valence-electron chi connectivity index (χ4n) is 3.56. The van der Waals surface area contributed by atoms with Crippen LogP contribution >= 0.6 is 11.8 Å².